The Labute approximate surface area is 173 Å². The first kappa shape index (κ1) is 23.2. The van der Waals surface area contributed by atoms with Gasteiger partial charge in [0.25, 0.3) is 0 Å². The molecular weight excluding hydrogens is 400 g/mol. The van der Waals surface area contributed by atoms with E-state index in [0.717, 1.165) is 0 Å². The molecule has 0 amide bonds. The van der Waals surface area contributed by atoms with E-state index in [9.17, 15) is 35.7 Å². The second kappa shape index (κ2) is 9.37. The molecule has 0 aromatic heterocycles. The highest BCUT2D eigenvalue weighted by Gasteiger charge is 2.52. The third-order valence-corrected chi connectivity index (χ3v) is 5.57. The molecule has 10 heteroatoms. The minimum absolute atomic E-state index is 0.273. The van der Waals surface area contributed by atoms with E-state index in [1.807, 2.05) is 0 Å². The Balaban J connectivity index is 1.75. The number of hydrogen-bond donors (Lipinski definition) is 7. The molecule has 1 aromatic rings. The highest BCUT2D eigenvalue weighted by Crippen LogP contribution is 2.36. The third-order valence-electron chi connectivity index (χ3n) is 5.57. The molecule has 1 aromatic carbocycles. The molecule has 0 spiro atoms. The molecule has 1 unspecified atom stereocenters. The maximum Gasteiger partial charge on any atom is 0.186 e. The van der Waals surface area contributed by atoms with Crippen LogP contribution in [0.2, 0.25) is 0 Å². The molecular formula is C20H28O10. The predicted molar refractivity (Wildman–Crippen MR) is 101 cm³/mol. The molecule has 10 atom stereocenters. The number of aliphatic hydroxyl groups excluding tert-OH is 6. The Morgan fingerprint density at radius 2 is 1.63 bits per heavy atom. The summed E-state index contributed by atoms with van der Waals surface area (Å²) in [5.41, 5.74) is -1.53. The maximum absolute atomic E-state index is 11.2. The van der Waals surface area contributed by atoms with Crippen LogP contribution in [0.15, 0.2) is 43.0 Å². The monoisotopic (exact) mass is 428 g/mol. The van der Waals surface area contributed by atoms with Crippen molar-refractivity contribution < 1.29 is 50.0 Å². The van der Waals surface area contributed by atoms with Gasteiger partial charge in [-0.3, -0.25) is 0 Å². The van der Waals surface area contributed by atoms with Crippen molar-refractivity contribution in [2.24, 2.45) is 0 Å². The fourth-order valence-electron chi connectivity index (χ4n) is 3.67. The molecule has 30 heavy (non-hydrogen) atoms. The van der Waals surface area contributed by atoms with Gasteiger partial charge in [-0.15, -0.1) is 0 Å². The lowest BCUT2D eigenvalue weighted by atomic mass is 9.80. The number of aliphatic hydroxyl groups is 7. The van der Waals surface area contributed by atoms with Gasteiger partial charge in [0.1, 0.15) is 54.4 Å². The molecule has 3 rings (SSSR count). The lowest BCUT2D eigenvalue weighted by Gasteiger charge is -2.46. The second-order valence-corrected chi connectivity index (χ2v) is 7.55. The molecule has 2 heterocycles. The first-order valence-corrected chi connectivity index (χ1v) is 9.59. The van der Waals surface area contributed by atoms with Gasteiger partial charge in [0, 0.05) is 0 Å². The smallest absolute Gasteiger partial charge is 0.186 e. The summed E-state index contributed by atoms with van der Waals surface area (Å²) >= 11 is 0. The summed E-state index contributed by atoms with van der Waals surface area (Å²) < 4.78 is 16.2. The topological polar surface area (TPSA) is 169 Å². The molecule has 2 fully saturated rings. The van der Waals surface area contributed by atoms with Gasteiger partial charge in [-0.1, -0.05) is 43.0 Å². The Bertz CT molecular complexity index is 702. The van der Waals surface area contributed by atoms with Crippen LogP contribution < -0.4 is 0 Å². The zero-order valence-electron chi connectivity index (χ0n) is 16.1. The van der Waals surface area contributed by atoms with Gasteiger partial charge in [-0.2, -0.15) is 0 Å². The summed E-state index contributed by atoms with van der Waals surface area (Å²) in [4.78, 5) is 0. The van der Waals surface area contributed by atoms with E-state index >= 15 is 0 Å². The van der Waals surface area contributed by atoms with E-state index in [0.29, 0.717) is 5.56 Å². The van der Waals surface area contributed by atoms with Gasteiger partial charge < -0.3 is 50.0 Å². The van der Waals surface area contributed by atoms with Crippen molar-refractivity contribution in [2.75, 3.05) is 13.2 Å². The Kier molecular flexibility index (Phi) is 7.25. The Morgan fingerprint density at radius 3 is 2.27 bits per heavy atom. The maximum atomic E-state index is 11.2. The van der Waals surface area contributed by atoms with E-state index < -0.39 is 67.3 Å². The van der Waals surface area contributed by atoms with Crippen molar-refractivity contribution in [2.45, 2.75) is 60.7 Å². The van der Waals surface area contributed by atoms with Crippen molar-refractivity contribution in [3.05, 3.63) is 48.6 Å². The molecule has 10 nitrogen and oxygen atoms in total. The lowest BCUT2D eigenvalue weighted by molar-refractivity contribution is -0.301. The highest BCUT2D eigenvalue weighted by atomic mass is 16.7. The van der Waals surface area contributed by atoms with Crippen LogP contribution in [0.3, 0.4) is 0 Å². The molecule has 0 saturated carbocycles. The minimum atomic E-state index is -1.89. The molecule has 0 radical (unpaired) electrons. The Hall–Kier alpha value is -1.44. The van der Waals surface area contributed by atoms with Gasteiger partial charge in [-0.25, -0.2) is 0 Å². The minimum Gasteiger partial charge on any atom is -0.388 e. The molecule has 168 valence electrons. The standard InChI is InChI=1S/C20H28O10/c1-2-20(27,10-6-4-3-5-7-10)18-16(25)15(24)14(23)12(30-18)9-29-19-17(26)13(22)11(21)8-28-19/h2-7,11-19,21-27H,1,8-9H2/t11-,12-,13-,14-,15+,16-,17+,18-,19+,20?/m1/s1. The van der Waals surface area contributed by atoms with E-state index in [1.54, 1.807) is 30.3 Å². The summed E-state index contributed by atoms with van der Waals surface area (Å²) in [7, 11) is 0. The molecule has 0 aliphatic carbocycles. The van der Waals surface area contributed by atoms with E-state index in [4.69, 9.17) is 14.2 Å². The van der Waals surface area contributed by atoms with Crippen molar-refractivity contribution >= 4 is 0 Å². The van der Waals surface area contributed by atoms with Crippen molar-refractivity contribution in [1.82, 2.24) is 0 Å². The largest absolute Gasteiger partial charge is 0.388 e. The summed E-state index contributed by atoms with van der Waals surface area (Å²) in [6.45, 7) is 2.93. The summed E-state index contributed by atoms with van der Waals surface area (Å²) in [5, 5.41) is 71.5. The number of ether oxygens (including phenoxy) is 3. The molecule has 7 N–H and O–H groups in total. The molecule has 2 aliphatic rings. The molecule has 2 aliphatic heterocycles. The van der Waals surface area contributed by atoms with Gasteiger partial charge >= 0.3 is 0 Å². The van der Waals surface area contributed by atoms with Crippen LogP contribution in [0, 0.1) is 0 Å². The van der Waals surface area contributed by atoms with Crippen LogP contribution in [-0.2, 0) is 19.8 Å². The zero-order valence-corrected chi connectivity index (χ0v) is 16.1. The van der Waals surface area contributed by atoms with Gasteiger partial charge in [0.05, 0.1) is 13.2 Å². The van der Waals surface area contributed by atoms with Gasteiger partial charge in [0.2, 0.25) is 0 Å². The third kappa shape index (κ3) is 4.30. The summed E-state index contributed by atoms with van der Waals surface area (Å²) in [6, 6.07) is 8.28. The van der Waals surface area contributed by atoms with Crippen molar-refractivity contribution in [3.8, 4) is 0 Å². The first-order valence-electron chi connectivity index (χ1n) is 9.59. The van der Waals surface area contributed by atoms with Crippen LogP contribution in [0.25, 0.3) is 0 Å². The average Bonchev–Trinajstić information content (AvgIpc) is 2.76. The van der Waals surface area contributed by atoms with Crippen LogP contribution in [-0.4, -0.2) is 104 Å². The van der Waals surface area contributed by atoms with E-state index in [1.165, 1.54) is 6.08 Å². The SMILES string of the molecule is C=CC(O)(c1ccccc1)[C@@H]1O[C@H](CO[C@@H]2OC[C@@H](O)[C@@H](O)[C@@H]2O)[C@@H](O)[C@H](O)[C@H]1O. The van der Waals surface area contributed by atoms with Crippen molar-refractivity contribution in [3.63, 3.8) is 0 Å². The van der Waals surface area contributed by atoms with Crippen LogP contribution in [0.4, 0.5) is 0 Å². The van der Waals surface area contributed by atoms with Gasteiger partial charge in [0.15, 0.2) is 6.29 Å². The zero-order chi connectivity index (χ0) is 22.1. The van der Waals surface area contributed by atoms with Crippen LogP contribution >= 0.6 is 0 Å². The van der Waals surface area contributed by atoms with E-state index in [2.05, 4.69) is 6.58 Å². The van der Waals surface area contributed by atoms with Crippen molar-refractivity contribution in [1.29, 1.82) is 0 Å². The molecule has 2 saturated heterocycles. The summed E-state index contributed by atoms with van der Waals surface area (Å²) in [6.07, 6.45) is -11.9. The quantitative estimate of drug-likeness (QED) is 0.238. The summed E-state index contributed by atoms with van der Waals surface area (Å²) in [5.74, 6) is 0. The average molecular weight is 428 g/mol. The predicted octanol–water partition coefficient (Wildman–Crippen LogP) is -2.63. The van der Waals surface area contributed by atoms with E-state index in [-0.39, 0.29) is 6.61 Å². The van der Waals surface area contributed by atoms with Crippen LogP contribution in [0.5, 0.6) is 0 Å². The number of rotatable bonds is 6. The number of hydrogen-bond acceptors (Lipinski definition) is 10. The molecule has 0 bridgehead atoms. The second-order valence-electron chi connectivity index (χ2n) is 7.55. The van der Waals surface area contributed by atoms with Crippen LogP contribution in [0.1, 0.15) is 5.56 Å². The highest BCUT2D eigenvalue weighted by molar-refractivity contribution is 5.29. The normalized spacial score (nSPS) is 41.8. The fraction of sp³-hybridized carbons (Fsp3) is 0.600. The number of benzene rings is 1. The van der Waals surface area contributed by atoms with Gasteiger partial charge in [-0.05, 0) is 5.56 Å². The first-order chi connectivity index (χ1) is 14.2. The lowest BCUT2D eigenvalue weighted by Crippen LogP contribution is -2.64. The fourth-order valence-corrected chi connectivity index (χ4v) is 3.67. The Morgan fingerprint density at radius 1 is 0.967 bits per heavy atom.